The van der Waals surface area contributed by atoms with Gasteiger partial charge in [-0.1, -0.05) is 20.8 Å². The Kier molecular flexibility index (Phi) is 8.06. The van der Waals surface area contributed by atoms with Crippen molar-refractivity contribution in [3.63, 3.8) is 0 Å². The van der Waals surface area contributed by atoms with E-state index in [1.807, 2.05) is 13.8 Å². The number of amides is 2. The molecule has 0 aromatic heterocycles. The monoisotopic (exact) mass is 285 g/mol. The molecule has 0 heterocycles. The summed E-state index contributed by atoms with van der Waals surface area (Å²) in [7, 11) is 0. The highest BCUT2D eigenvalue weighted by atomic mass is 16.2. The van der Waals surface area contributed by atoms with Gasteiger partial charge in [0, 0.05) is 12.5 Å². The average Bonchev–Trinajstić information content (AvgIpc) is 2.36. The summed E-state index contributed by atoms with van der Waals surface area (Å²) in [6.45, 7) is 10.6. The number of carbonyl (C=O) groups is 3. The SMILES string of the molecule is CCC(=O)C(C)NC(=O)C(C)NC(=O)C(C)NC(C)C. The number of hydrogen-bond donors (Lipinski definition) is 3. The molecule has 2 amide bonds. The second kappa shape index (κ2) is 8.68. The highest BCUT2D eigenvalue weighted by Gasteiger charge is 2.22. The molecular weight excluding hydrogens is 258 g/mol. The van der Waals surface area contributed by atoms with Crippen LogP contribution < -0.4 is 16.0 Å². The summed E-state index contributed by atoms with van der Waals surface area (Å²) in [5.74, 6) is -0.632. The standard InChI is InChI=1S/C14H27N3O3/c1-7-12(18)9(4)16-14(20)11(6)17-13(19)10(5)15-8(2)3/h8-11,15H,7H2,1-6H3,(H,16,20)(H,17,19). The molecule has 0 aromatic carbocycles. The summed E-state index contributed by atoms with van der Waals surface area (Å²) < 4.78 is 0. The fraction of sp³-hybridized carbons (Fsp3) is 0.786. The van der Waals surface area contributed by atoms with Gasteiger partial charge in [-0.3, -0.25) is 14.4 Å². The fourth-order valence-corrected chi connectivity index (χ4v) is 1.70. The van der Waals surface area contributed by atoms with Crippen LogP contribution in [0.25, 0.3) is 0 Å². The second-order valence-electron chi connectivity index (χ2n) is 5.32. The van der Waals surface area contributed by atoms with Crippen LogP contribution in [-0.4, -0.2) is 41.8 Å². The lowest BCUT2D eigenvalue weighted by molar-refractivity contribution is -0.131. The number of hydrogen-bond acceptors (Lipinski definition) is 4. The van der Waals surface area contributed by atoms with Crippen molar-refractivity contribution >= 4 is 17.6 Å². The Bertz CT molecular complexity index is 356. The molecule has 0 radical (unpaired) electrons. The topological polar surface area (TPSA) is 87.3 Å². The van der Waals surface area contributed by atoms with Crippen molar-refractivity contribution in [1.82, 2.24) is 16.0 Å². The first-order chi connectivity index (χ1) is 9.18. The Morgan fingerprint density at radius 1 is 0.800 bits per heavy atom. The minimum Gasteiger partial charge on any atom is -0.345 e. The Hall–Kier alpha value is -1.43. The van der Waals surface area contributed by atoms with E-state index in [0.717, 1.165) is 0 Å². The summed E-state index contributed by atoms with van der Waals surface area (Å²) in [4.78, 5) is 35.1. The second-order valence-corrected chi connectivity index (χ2v) is 5.32. The molecule has 0 bridgehead atoms. The van der Waals surface area contributed by atoms with Gasteiger partial charge in [-0.05, 0) is 20.8 Å². The largest absolute Gasteiger partial charge is 0.345 e. The predicted octanol–water partition coefficient (Wildman–Crippen LogP) is 0.361. The average molecular weight is 285 g/mol. The quantitative estimate of drug-likeness (QED) is 0.601. The summed E-state index contributed by atoms with van der Waals surface area (Å²) in [6, 6.07) is -1.40. The van der Waals surface area contributed by atoms with Crippen molar-refractivity contribution in [2.24, 2.45) is 0 Å². The highest BCUT2D eigenvalue weighted by molar-refractivity contribution is 5.93. The zero-order chi connectivity index (χ0) is 15.9. The van der Waals surface area contributed by atoms with Crippen LogP contribution in [0.4, 0.5) is 0 Å². The smallest absolute Gasteiger partial charge is 0.242 e. The third kappa shape index (κ3) is 6.65. The lowest BCUT2D eigenvalue weighted by Crippen LogP contribution is -2.53. The van der Waals surface area contributed by atoms with Crippen molar-refractivity contribution in [2.75, 3.05) is 0 Å². The van der Waals surface area contributed by atoms with Gasteiger partial charge in [0.05, 0.1) is 12.1 Å². The molecule has 0 aliphatic heterocycles. The molecule has 0 aromatic rings. The first kappa shape index (κ1) is 18.6. The first-order valence-corrected chi connectivity index (χ1v) is 7.08. The van der Waals surface area contributed by atoms with Crippen molar-refractivity contribution in [3.8, 4) is 0 Å². The first-order valence-electron chi connectivity index (χ1n) is 7.08. The Labute approximate surface area is 121 Å². The fourth-order valence-electron chi connectivity index (χ4n) is 1.70. The van der Waals surface area contributed by atoms with E-state index in [1.165, 1.54) is 0 Å². The molecule has 6 heteroatoms. The third-order valence-electron chi connectivity index (χ3n) is 2.92. The zero-order valence-corrected chi connectivity index (χ0v) is 13.2. The van der Waals surface area contributed by atoms with Crippen molar-refractivity contribution in [3.05, 3.63) is 0 Å². The van der Waals surface area contributed by atoms with Crippen LogP contribution in [0.5, 0.6) is 0 Å². The van der Waals surface area contributed by atoms with Gasteiger partial charge in [0.15, 0.2) is 5.78 Å². The van der Waals surface area contributed by atoms with Crippen LogP contribution in [0.3, 0.4) is 0 Å². The molecule has 20 heavy (non-hydrogen) atoms. The molecule has 3 unspecified atom stereocenters. The predicted molar refractivity (Wildman–Crippen MR) is 78.2 cm³/mol. The number of rotatable bonds is 8. The number of Topliss-reactive ketones (excluding diaryl/α,β-unsaturated/α-hetero) is 1. The van der Waals surface area contributed by atoms with E-state index in [1.54, 1.807) is 27.7 Å². The minimum absolute atomic E-state index is 0.0354. The molecule has 3 atom stereocenters. The van der Waals surface area contributed by atoms with Gasteiger partial charge in [0.1, 0.15) is 6.04 Å². The van der Waals surface area contributed by atoms with Crippen molar-refractivity contribution in [2.45, 2.75) is 72.1 Å². The van der Waals surface area contributed by atoms with Crippen LogP contribution in [0, 0.1) is 0 Å². The molecule has 0 aliphatic rings. The molecule has 3 N–H and O–H groups in total. The summed E-state index contributed by atoms with van der Waals surface area (Å²) in [6.07, 6.45) is 0.373. The molecular formula is C14H27N3O3. The van der Waals surface area contributed by atoms with Gasteiger partial charge in [-0.25, -0.2) is 0 Å². The lowest BCUT2D eigenvalue weighted by Gasteiger charge is -2.21. The van der Waals surface area contributed by atoms with Crippen LogP contribution in [0.15, 0.2) is 0 Å². The molecule has 0 saturated carbocycles. The Morgan fingerprint density at radius 2 is 1.25 bits per heavy atom. The van der Waals surface area contributed by atoms with Crippen LogP contribution in [0.1, 0.15) is 48.0 Å². The van der Waals surface area contributed by atoms with E-state index in [9.17, 15) is 14.4 Å². The maximum Gasteiger partial charge on any atom is 0.242 e. The van der Waals surface area contributed by atoms with E-state index < -0.39 is 12.1 Å². The Balaban J connectivity index is 4.32. The zero-order valence-electron chi connectivity index (χ0n) is 13.2. The third-order valence-corrected chi connectivity index (χ3v) is 2.92. The number of nitrogens with one attached hydrogen (secondary N) is 3. The maximum absolute atomic E-state index is 11.9. The van der Waals surface area contributed by atoms with Gasteiger partial charge in [-0.2, -0.15) is 0 Å². The highest BCUT2D eigenvalue weighted by Crippen LogP contribution is 1.93. The van der Waals surface area contributed by atoms with Gasteiger partial charge < -0.3 is 16.0 Å². The van der Waals surface area contributed by atoms with E-state index in [0.29, 0.717) is 6.42 Å². The molecule has 116 valence electrons. The van der Waals surface area contributed by atoms with Gasteiger partial charge in [0.2, 0.25) is 11.8 Å². The van der Waals surface area contributed by atoms with Crippen LogP contribution in [0.2, 0.25) is 0 Å². The number of carbonyl (C=O) groups excluding carboxylic acids is 3. The van der Waals surface area contributed by atoms with Gasteiger partial charge in [0.25, 0.3) is 0 Å². The molecule has 0 rings (SSSR count). The van der Waals surface area contributed by atoms with E-state index >= 15 is 0 Å². The lowest BCUT2D eigenvalue weighted by atomic mass is 10.1. The van der Waals surface area contributed by atoms with Gasteiger partial charge >= 0.3 is 0 Å². The van der Waals surface area contributed by atoms with Crippen LogP contribution >= 0.6 is 0 Å². The van der Waals surface area contributed by atoms with Crippen molar-refractivity contribution in [1.29, 1.82) is 0 Å². The molecule has 0 saturated heterocycles. The van der Waals surface area contributed by atoms with Crippen LogP contribution in [-0.2, 0) is 14.4 Å². The summed E-state index contributed by atoms with van der Waals surface area (Å²) in [5.41, 5.74) is 0. The molecule has 0 spiro atoms. The molecule has 6 nitrogen and oxygen atoms in total. The maximum atomic E-state index is 11.9. The summed E-state index contributed by atoms with van der Waals surface area (Å²) in [5, 5.41) is 8.27. The normalized spacial score (nSPS) is 15.3. The molecule has 0 fully saturated rings. The van der Waals surface area contributed by atoms with E-state index in [4.69, 9.17) is 0 Å². The van der Waals surface area contributed by atoms with E-state index in [2.05, 4.69) is 16.0 Å². The van der Waals surface area contributed by atoms with Gasteiger partial charge in [-0.15, -0.1) is 0 Å². The summed E-state index contributed by atoms with van der Waals surface area (Å²) >= 11 is 0. The minimum atomic E-state index is -0.675. The molecule has 0 aliphatic carbocycles. The Morgan fingerprint density at radius 3 is 1.70 bits per heavy atom. The van der Waals surface area contributed by atoms with Crippen molar-refractivity contribution < 1.29 is 14.4 Å². The number of ketones is 1. The van der Waals surface area contributed by atoms with E-state index in [-0.39, 0.29) is 29.7 Å².